The van der Waals surface area contributed by atoms with Crippen LogP contribution in [0.1, 0.15) is 32.3 Å². The van der Waals surface area contributed by atoms with Crippen LogP contribution >= 0.6 is 0 Å². The number of benzene rings is 1. The van der Waals surface area contributed by atoms with Crippen molar-refractivity contribution in [2.24, 2.45) is 5.92 Å². The van der Waals surface area contributed by atoms with Gasteiger partial charge in [0.25, 0.3) is 0 Å². The zero-order valence-corrected chi connectivity index (χ0v) is 11.5. The molecule has 0 aliphatic heterocycles. The van der Waals surface area contributed by atoms with Crippen LogP contribution in [0.5, 0.6) is 5.75 Å². The standard InChI is InChI=1S/C14H18F3NO2/c1-3-10(2)8-13(19)18-9-11-4-6-12(7-5-11)20-14(15,16)17/h4-7,10H,3,8-9H2,1-2H3,(H,18,19). The van der Waals surface area contributed by atoms with Gasteiger partial charge < -0.3 is 10.1 Å². The smallest absolute Gasteiger partial charge is 0.406 e. The largest absolute Gasteiger partial charge is 0.573 e. The number of hydrogen-bond donors (Lipinski definition) is 1. The molecule has 112 valence electrons. The van der Waals surface area contributed by atoms with Crippen molar-refractivity contribution in [3.05, 3.63) is 29.8 Å². The lowest BCUT2D eigenvalue weighted by Gasteiger charge is -2.11. The molecular weight excluding hydrogens is 271 g/mol. The molecule has 0 saturated heterocycles. The molecule has 3 nitrogen and oxygen atoms in total. The van der Waals surface area contributed by atoms with Crippen molar-refractivity contribution in [1.29, 1.82) is 0 Å². The molecule has 0 aromatic heterocycles. The van der Waals surface area contributed by atoms with Crippen molar-refractivity contribution in [1.82, 2.24) is 5.32 Å². The van der Waals surface area contributed by atoms with E-state index in [0.717, 1.165) is 12.0 Å². The molecule has 1 rings (SSSR count). The van der Waals surface area contributed by atoms with Crippen LogP contribution in [0.4, 0.5) is 13.2 Å². The molecule has 0 saturated carbocycles. The van der Waals surface area contributed by atoms with Crippen molar-refractivity contribution >= 4 is 5.91 Å². The van der Waals surface area contributed by atoms with Crippen LogP contribution < -0.4 is 10.1 Å². The van der Waals surface area contributed by atoms with E-state index in [2.05, 4.69) is 10.1 Å². The second-order valence-corrected chi connectivity index (χ2v) is 4.69. The second-order valence-electron chi connectivity index (χ2n) is 4.69. The zero-order chi connectivity index (χ0) is 15.2. The van der Waals surface area contributed by atoms with Gasteiger partial charge in [0.15, 0.2) is 0 Å². The van der Waals surface area contributed by atoms with Crippen molar-refractivity contribution in [3.63, 3.8) is 0 Å². The van der Waals surface area contributed by atoms with Gasteiger partial charge in [0.05, 0.1) is 0 Å². The molecule has 0 aliphatic carbocycles. The maximum Gasteiger partial charge on any atom is 0.573 e. The summed E-state index contributed by atoms with van der Waals surface area (Å²) < 4.78 is 39.7. The summed E-state index contributed by atoms with van der Waals surface area (Å²) in [7, 11) is 0. The van der Waals surface area contributed by atoms with Gasteiger partial charge in [-0.3, -0.25) is 4.79 Å². The minimum atomic E-state index is -4.69. The van der Waals surface area contributed by atoms with E-state index in [0.29, 0.717) is 18.9 Å². The summed E-state index contributed by atoms with van der Waals surface area (Å²) in [6, 6.07) is 5.43. The Morgan fingerprint density at radius 1 is 1.30 bits per heavy atom. The molecule has 0 bridgehead atoms. The van der Waals surface area contributed by atoms with Gasteiger partial charge in [0.1, 0.15) is 5.75 Å². The van der Waals surface area contributed by atoms with Gasteiger partial charge in [-0.15, -0.1) is 13.2 Å². The summed E-state index contributed by atoms with van der Waals surface area (Å²) in [5.41, 5.74) is 0.719. The molecule has 0 radical (unpaired) electrons. The van der Waals surface area contributed by atoms with Gasteiger partial charge in [-0.2, -0.15) is 0 Å². The molecule has 0 aliphatic rings. The second kappa shape index (κ2) is 7.17. The van der Waals surface area contributed by atoms with Crippen LogP contribution in [0.25, 0.3) is 0 Å². The normalized spacial score (nSPS) is 12.8. The summed E-state index contributed by atoms with van der Waals surface area (Å²) in [4.78, 5) is 11.6. The molecule has 0 spiro atoms. The van der Waals surface area contributed by atoms with Crippen LogP contribution in [0.15, 0.2) is 24.3 Å². The maximum absolute atomic E-state index is 12.0. The average molecular weight is 289 g/mol. The molecule has 1 N–H and O–H groups in total. The van der Waals surface area contributed by atoms with E-state index < -0.39 is 6.36 Å². The van der Waals surface area contributed by atoms with Crippen molar-refractivity contribution in [2.45, 2.75) is 39.6 Å². The highest BCUT2D eigenvalue weighted by Gasteiger charge is 2.30. The number of carbonyl (C=O) groups excluding carboxylic acids is 1. The summed E-state index contributed by atoms with van der Waals surface area (Å²) in [5, 5.41) is 2.73. The number of amides is 1. The molecule has 1 amide bonds. The fourth-order valence-corrected chi connectivity index (χ4v) is 1.54. The van der Waals surface area contributed by atoms with Crippen LogP contribution in [-0.2, 0) is 11.3 Å². The third kappa shape index (κ3) is 6.45. The Kier molecular flexibility index (Phi) is 5.85. The Balaban J connectivity index is 2.44. The summed E-state index contributed by atoms with van der Waals surface area (Å²) in [5.74, 6) is -0.0142. The van der Waals surface area contributed by atoms with E-state index >= 15 is 0 Å². The monoisotopic (exact) mass is 289 g/mol. The quantitative estimate of drug-likeness (QED) is 0.868. The predicted molar refractivity (Wildman–Crippen MR) is 69.0 cm³/mol. The average Bonchev–Trinajstić information content (AvgIpc) is 2.36. The van der Waals surface area contributed by atoms with Gasteiger partial charge in [-0.25, -0.2) is 0 Å². The third-order valence-electron chi connectivity index (χ3n) is 2.88. The van der Waals surface area contributed by atoms with Gasteiger partial charge in [0, 0.05) is 13.0 Å². The number of hydrogen-bond acceptors (Lipinski definition) is 2. The number of alkyl halides is 3. The van der Waals surface area contributed by atoms with Crippen LogP contribution in [0, 0.1) is 5.92 Å². The van der Waals surface area contributed by atoms with E-state index in [9.17, 15) is 18.0 Å². The lowest BCUT2D eigenvalue weighted by Crippen LogP contribution is -2.24. The van der Waals surface area contributed by atoms with Crippen molar-refractivity contribution < 1.29 is 22.7 Å². The highest BCUT2D eigenvalue weighted by Crippen LogP contribution is 2.22. The molecule has 0 heterocycles. The summed E-state index contributed by atoms with van der Waals surface area (Å²) >= 11 is 0. The number of halogens is 3. The van der Waals surface area contributed by atoms with E-state index in [1.165, 1.54) is 24.3 Å². The number of rotatable bonds is 6. The van der Waals surface area contributed by atoms with Gasteiger partial charge in [0.2, 0.25) is 5.91 Å². The van der Waals surface area contributed by atoms with E-state index in [-0.39, 0.29) is 11.7 Å². The van der Waals surface area contributed by atoms with Gasteiger partial charge >= 0.3 is 6.36 Å². The summed E-state index contributed by atoms with van der Waals surface area (Å²) in [6.45, 7) is 4.29. The Hall–Kier alpha value is -1.72. The van der Waals surface area contributed by atoms with E-state index in [4.69, 9.17) is 0 Å². The molecule has 1 aromatic rings. The first-order valence-electron chi connectivity index (χ1n) is 6.41. The highest BCUT2D eigenvalue weighted by molar-refractivity contribution is 5.76. The topological polar surface area (TPSA) is 38.3 Å². The lowest BCUT2D eigenvalue weighted by molar-refractivity contribution is -0.274. The van der Waals surface area contributed by atoms with Crippen molar-refractivity contribution in [2.75, 3.05) is 0 Å². The molecule has 6 heteroatoms. The molecule has 1 aromatic carbocycles. The Morgan fingerprint density at radius 3 is 2.40 bits per heavy atom. The minimum absolute atomic E-state index is 0.0602. The predicted octanol–water partition coefficient (Wildman–Crippen LogP) is 3.64. The number of nitrogens with one attached hydrogen (secondary N) is 1. The number of ether oxygens (including phenoxy) is 1. The Morgan fingerprint density at radius 2 is 1.90 bits per heavy atom. The SMILES string of the molecule is CCC(C)CC(=O)NCc1ccc(OC(F)(F)F)cc1. The zero-order valence-electron chi connectivity index (χ0n) is 11.5. The minimum Gasteiger partial charge on any atom is -0.406 e. The maximum atomic E-state index is 12.0. The van der Waals surface area contributed by atoms with E-state index in [1.54, 1.807) is 0 Å². The fraction of sp³-hybridized carbons (Fsp3) is 0.500. The highest BCUT2D eigenvalue weighted by atomic mass is 19.4. The van der Waals surface area contributed by atoms with Crippen LogP contribution in [0.3, 0.4) is 0 Å². The Bertz CT molecular complexity index is 429. The first kappa shape index (κ1) is 16.3. The molecule has 20 heavy (non-hydrogen) atoms. The lowest BCUT2D eigenvalue weighted by atomic mass is 10.1. The first-order valence-corrected chi connectivity index (χ1v) is 6.41. The van der Waals surface area contributed by atoms with E-state index in [1.807, 2.05) is 13.8 Å². The van der Waals surface area contributed by atoms with Gasteiger partial charge in [-0.05, 0) is 23.6 Å². The molecule has 1 unspecified atom stereocenters. The number of carbonyl (C=O) groups is 1. The third-order valence-corrected chi connectivity index (χ3v) is 2.88. The van der Waals surface area contributed by atoms with Crippen LogP contribution in [0.2, 0.25) is 0 Å². The molecular formula is C14H18F3NO2. The molecule has 0 fully saturated rings. The fourth-order valence-electron chi connectivity index (χ4n) is 1.54. The molecule has 1 atom stereocenters. The summed E-state index contributed by atoms with van der Waals surface area (Å²) in [6.07, 6.45) is -3.31. The van der Waals surface area contributed by atoms with Crippen molar-refractivity contribution in [3.8, 4) is 5.75 Å². The van der Waals surface area contributed by atoms with Crippen LogP contribution in [-0.4, -0.2) is 12.3 Å². The first-order chi connectivity index (χ1) is 9.30. The Labute approximate surface area is 116 Å². The van der Waals surface area contributed by atoms with Gasteiger partial charge in [-0.1, -0.05) is 32.4 Å².